The molecule has 0 saturated heterocycles. The lowest BCUT2D eigenvalue weighted by Crippen LogP contribution is -2.49. The first-order valence-electron chi connectivity index (χ1n) is 20.3. The molecule has 1 aliphatic rings. The number of anilines is 6. The van der Waals surface area contributed by atoms with Crippen molar-refractivity contribution in [3.8, 4) is 20.9 Å². The Morgan fingerprint density at radius 2 is 0.603 bits per heavy atom. The van der Waals surface area contributed by atoms with Crippen LogP contribution in [0.2, 0.25) is 0 Å². The highest BCUT2D eigenvalue weighted by atomic mass is 32.1. The molecule has 316 valence electrons. The fourth-order valence-corrected chi connectivity index (χ4v) is 11.1. The molecule has 10 heteroatoms. The van der Waals surface area contributed by atoms with Crippen molar-refractivity contribution in [1.29, 1.82) is 0 Å². The monoisotopic (exact) mass is 882 g/mol. The fourth-order valence-electron chi connectivity index (χ4n) is 8.71. The quantitative estimate of drug-likeness (QED) is 0.126. The summed E-state index contributed by atoms with van der Waals surface area (Å²) in [5, 5.41) is 0. The van der Waals surface area contributed by atoms with Gasteiger partial charge in [-0.3, -0.25) is 0 Å². The third-order valence-corrected chi connectivity index (χ3v) is 14.2. The molecule has 0 N–H and O–H groups in total. The van der Waals surface area contributed by atoms with E-state index in [1.54, 1.807) is 13.8 Å². The largest absolute Gasteiger partial charge is 0.380 e. The molecule has 2 aromatic heterocycles. The van der Waals surface area contributed by atoms with E-state index >= 15 is 26.3 Å². The predicted molar refractivity (Wildman–Crippen MR) is 249 cm³/mol. The van der Waals surface area contributed by atoms with Crippen LogP contribution in [-0.4, -0.2) is 17.8 Å². The van der Waals surface area contributed by atoms with Crippen molar-refractivity contribution in [3.05, 3.63) is 202 Å². The minimum absolute atomic E-state index is 0.233. The summed E-state index contributed by atoms with van der Waals surface area (Å²) < 4.78 is 97.4. The zero-order valence-electron chi connectivity index (χ0n) is 34.6. The summed E-state index contributed by atoms with van der Waals surface area (Å²) in [5.41, 5.74) is 3.90. The zero-order valence-corrected chi connectivity index (χ0v) is 36.3. The fraction of sp³-hybridized carbons (Fsp3) is 0.132. The van der Waals surface area contributed by atoms with Gasteiger partial charge in [0.05, 0.1) is 0 Å². The number of hydrogen-bond donors (Lipinski definition) is 0. The van der Waals surface area contributed by atoms with E-state index in [1.165, 1.54) is 13.8 Å². The van der Waals surface area contributed by atoms with E-state index in [2.05, 4.69) is 9.80 Å². The first-order valence-corrected chi connectivity index (χ1v) is 22.0. The third-order valence-electron chi connectivity index (χ3n) is 11.6. The van der Waals surface area contributed by atoms with E-state index in [4.69, 9.17) is 0 Å². The van der Waals surface area contributed by atoms with E-state index < -0.39 is 28.9 Å². The lowest BCUT2D eigenvalue weighted by atomic mass is 9.90. The van der Waals surface area contributed by atoms with Gasteiger partial charge in [-0.15, -0.1) is 22.7 Å². The number of para-hydroxylation sites is 4. The van der Waals surface area contributed by atoms with E-state index in [1.807, 2.05) is 170 Å². The summed E-state index contributed by atoms with van der Waals surface area (Å²) in [4.78, 5) is 5.68. The SMILES string of the molecule is Cc1sc(-c2ccc(N(c3ccccc3)c3ccccc3)cc2)c(C)c1C1=C(c2c(C)sc(-c3ccc(N(c4ccccc4)c4ccccc4)cc3)c2C)C(F)(F)C(F)(F)C1(F)F. The molecule has 0 saturated carbocycles. The second-order valence-corrected chi connectivity index (χ2v) is 18.0. The van der Waals surface area contributed by atoms with Crippen LogP contribution in [0.3, 0.4) is 0 Å². The number of thiophene rings is 2. The Bertz CT molecular complexity index is 2660. The highest BCUT2D eigenvalue weighted by Gasteiger charge is 2.80. The van der Waals surface area contributed by atoms with Gasteiger partial charge in [-0.25, -0.2) is 0 Å². The molecule has 2 heterocycles. The van der Waals surface area contributed by atoms with Crippen LogP contribution in [0.15, 0.2) is 170 Å². The molecule has 0 atom stereocenters. The van der Waals surface area contributed by atoms with Crippen LogP contribution in [-0.2, 0) is 0 Å². The summed E-state index contributed by atoms with van der Waals surface area (Å²) in [6, 6.07) is 54.1. The normalized spacial score (nSPS) is 15.1. The number of halogens is 6. The van der Waals surface area contributed by atoms with Crippen LogP contribution in [0, 0.1) is 27.7 Å². The van der Waals surface area contributed by atoms with Gasteiger partial charge in [0, 0.05) is 75.9 Å². The van der Waals surface area contributed by atoms with Crippen LogP contribution >= 0.6 is 22.7 Å². The average molecular weight is 883 g/mol. The Morgan fingerprint density at radius 1 is 0.349 bits per heavy atom. The second-order valence-electron chi connectivity index (χ2n) is 15.6. The molecule has 6 aromatic carbocycles. The van der Waals surface area contributed by atoms with Crippen molar-refractivity contribution in [2.45, 2.75) is 45.5 Å². The lowest BCUT2D eigenvalue weighted by Gasteiger charge is -2.26. The van der Waals surface area contributed by atoms with Gasteiger partial charge >= 0.3 is 17.8 Å². The minimum atomic E-state index is -5.69. The minimum Gasteiger partial charge on any atom is -0.311 e. The number of alkyl halides is 6. The number of aryl methyl sites for hydroxylation is 2. The van der Waals surface area contributed by atoms with Crippen LogP contribution in [0.4, 0.5) is 60.5 Å². The molecular weight excluding hydrogens is 843 g/mol. The maximum atomic E-state index is 16.4. The molecule has 0 spiro atoms. The molecule has 63 heavy (non-hydrogen) atoms. The maximum absolute atomic E-state index is 16.4. The van der Waals surface area contributed by atoms with Gasteiger partial charge in [0.1, 0.15) is 0 Å². The van der Waals surface area contributed by atoms with Crippen LogP contribution in [0.5, 0.6) is 0 Å². The van der Waals surface area contributed by atoms with Crippen molar-refractivity contribution in [2.24, 2.45) is 0 Å². The molecule has 2 nitrogen and oxygen atoms in total. The standard InChI is InChI=1S/C53H40F6N2S2/c1-33-45(35(3)62-49(33)37-25-29-43(30-26-37)60(39-17-9-5-10-18-39)40-19-11-6-12-20-40)47-48(52(56,57)53(58,59)51(47,54)55)46-34(2)50(63-36(46)4)38-27-31-44(32-28-38)61(41-21-13-7-14-22-41)42-23-15-8-16-24-42/h5-32H,1-4H3. The summed E-state index contributed by atoms with van der Waals surface area (Å²) in [5.74, 6) is -16.1. The lowest BCUT2D eigenvalue weighted by molar-refractivity contribution is -0.254. The van der Waals surface area contributed by atoms with E-state index in [-0.39, 0.29) is 32.0 Å². The van der Waals surface area contributed by atoms with Crippen molar-refractivity contribution >= 4 is 67.9 Å². The van der Waals surface area contributed by atoms with Crippen molar-refractivity contribution in [1.82, 2.24) is 0 Å². The molecule has 0 amide bonds. The number of hydrogen-bond acceptors (Lipinski definition) is 4. The Hall–Kier alpha value is -6.36. The first kappa shape index (κ1) is 42.0. The van der Waals surface area contributed by atoms with Gasteiger partial charge in [-0.1, -0.05) is 97.1 Å². The molecule has 0 aliphatic heterocycles. The van der Waals surface area contributed by atoms with Crippen molar-refractivity contribution in [3.63, 3.8) is 0 Å². The van der Waals surface area contributed by atoms with Gasteiger partial charge in [-0.2, -0.15) is 26.3 Å². The smallest absolute Gasteiger partial charge is 0.311 e. The van der Waals surface area contributed by atoms with Gasteiger partial charge in [0.2, 0.25) is 0 Å². The second kappa shape index (κ2) is 16.1. The molecule has 1 aliphatic carbocycles. The molecule has 0 unspecified atom stereocenters. The topological polar surface area (TPSA) is 6.48 Å². The molecule has 0 radical (unpaired) electrons. The summed E-state index contributed by atoms with van der Waals surface area (Å²) >= 11 is 2.25. The molecule has 0 bridgehead atoms. The number of benzene rings is 6. The Morgan fingerprint density at radius 3 is 0.873 bits per heavy atom. The molecule has 8 aromatic rings. The van der Waals surface area contributed by atoms with Crippen LogP contribution in [0.1, 0.15) is 32.0 Å². The maximum Gasteiger partial charge on any atom is 0.380 e. The molecule has 0 fully saturated rings. The number of allylic oxidation sites excluding steroid dienone is 2. The molecular formula is C53H40F6N2S2. The summed E-state index contributed by atoms with van der Waals surface area (Å²) in [7, 11) is 0. The number of nitrogens with zero attached hydrogens (tertiary/aromatic N) is 2. The van der Waals surface area contributed by atoms with Gasteiger partial charge in [0.15, 0.2) is 0 Å². The first-order chi connectivity index (χ1) is 30.2. The predicted octanol–water partition coefficient (Wildman–Crippen LogP) is 17.1. The Balaban J connectivity index is 1.13. The highest BCUT2D eigenvalue weighted by molar-refractivity contribution is 7.16. The Labute approximate surface area is 370 Å². The van der Waals surface area contributed by atoms with Crippen molar-refractivity contribution < 1.29 is 26.3 Å². The van der Waals surface area contributed by atoms with E-state index in [0.29, 0.717) is 20.9 Å². The van der Waals surface area contributed by atoms with Gasteiger partial charge < -0.3 is 9.80 Å². The molecule has 9 rings (SSSR count). The van der Waals surface area contributed by atoms with Gasteiger partial charge in [-0.05, 0) is 123 Å². The summed E-state index contributed by atoms with van der Waals surface area (Å²) in [6.45, 7) is 6.15. The van der Waals surface area contributed by atoms with E-state index in [9.17, 15) is 0 Å². The summed E-state index contributed by atoms with van der Waals surface area (Å²) in [6.07, 6.45) is 0. The van der Waals surface area contributed by atoms with Crippen molar-refractivity contribution in [2.75, 3.05) is 9.80 Å². The average Bonchev–Trinajstić information content (AvgIpc) is 3.79. The Kier molecular flexibility index (Phi) is 10.7. The van der Waals surface area contributed by atoms with Crippen LogP contribution < -0.4 is 9.80 Å². The number of rotatable bonds is 10. The zero-order chi connectivity index (χ0) is 44.3. The van der Waals surface area contributed by atoms with Crippen LogP contribution in [0.25, 0.3) is 32.0 Å². The third kappa shape index (κ3) is 6.96. The van der Waals surface area contributed by atoms with Gasteiger partial charge in [0.25, 0.3) is 0 Å². The van der Waals surface area contributed by atoms with E-state index in [0.717, 1.165) is 56.8 Å². The highest BCUT2D eigenvalue weighted by Crippen LogP contribution is 2.67.